The molecule has 20 heavy (non-hydrogen) atoms. The van der Waals surface area contributed by atoms with Crippen LogP contribution >= 0.6 is 0 Å². The minimum absolute atomic E-state index is 0.315. The first-order valence-corrected chi connectivity index (χ1v) is 7.71. The molecule has 0 aliphatic carbocycles. The summed E-state index contributed by atoms with van der Waals surface area (Å²) in [4.78, 5) is 2.43. The molecule has 0 saturated heterocycles. The molecule has 1 atom stereocenters. The molecule has 2 nitrogen and oxygen atoms in total. The third-order valence-electron chi connectivity index (χ3n) is 4.08. The molecule has 0 aromatic heterocycles. The minimum Gasteiger partial charge on any atom is -0.310 e. The van der Waals surface area contributed by atoms with Gasteiger partial charge in [-0.05, 0) is 30.5 Å². The molecule has 0 fully saturated rings. The van der Waals surface area contributed by atoms with E-state index in [1.165, 1.54) is 11.1 Å². The standard InChI is InChI=1S/C18H32N2/c1-14(2)19-12-16-8-10-17(11-9-16)13-20(7)15(3)18(4,5)6/h8-11,14-15,19H,12-13H2,1-7H3. The first-order valence-electron chi connectivity index (χ1n) is 7.71. The SMILES string of the molecule is CC(C)NCc1ccc(CN(C)C(C)C(C)(C)C)cc1. The fraction of sp³-hybridized carbons (Fsp3) is 0.667. The number of nitrogens with one attached hydrogen (secondary N) is 1. The molecule has 1 rings (SSSR count). The van der Waals surface area contributed by atoms with Gasteiger partial charge in [0, 0.05) is 25.2 Å². The topological polar surface area (TPSA) is 15.3 Å². The molecule has 0 spiro atoms. The van der Waals surface area contributed by atoms with Gasteiger partial charge in [0.1, 0.15) is 0 Å². The normalized spacial score (nSPS) is 14.1. The maximum atomic E-state index is 3.45. The van der Waals surface area contributed by atoms with Crippen molar-refractivity contribution in [1.82, 2.24) is 10.2 Å². The molecule has 0 aliphatic rings. The molecule has 1 aromatic rings. The molecule has 0 amide bonds. The van der Waals surface area contributed by atoms with Crippen molar-refractivity contribution in [1.29, 1.82) is 0 Å². The van der Waals surface area contributed by atoms with E-state index < -0.39 is 0 Å². The maximum Gasteiger partial charge on any atom is 0.0233 e. The molecule has 0 heterocycles. The van der Waals surface area contributed by atoms with Crippen LogP contribution in [0.25, 0.3) is 0 Å². The zero-order valence-electron chi connectivity index (χ0n) is 14.3. The van der Waals surface area contributed by atoms with Gasteiger partial charge in [-0.3, -0.25) is 4.90 Å². The Morgan fingerprint density at radius 3 is 1.95 bits per heavy atom. The first-order chi connectivity index (χ1) is 9.20. The Morgan fingerprint density at radius 2 is 1.50 bits per heavy atom. The van der Waals surface area contributed by atoms with E-state index in [4.69, 9.17) is 0 Å². The first kappa shape index (κ1) is 17.2. The summed E-state index contributed by atoms with van der Waals surface area (Å²) in [5.74, 6) is 0. The summed E-state index contributed by atoms with van der Waals surface area (Å²) < 4.78 is 0. The van der Waals surface area contributed by atoms with Gasteiger partial charge in [0.2, 0.25) is 0 Å². The van der Waals surface area contributed by atoms with Gasteiger partial charge in [0.15, 0.2) is 0 Å². The lowest BCUT2D eigenvalue weighted by atomic mass is 9.87. The number of benzene rings is 1. The maximum absolute atomic E-state index is 3.45. The second kappa shape index (κ2) is 7.24. The second-order valence-corrected chi connectivity index (χ2v) is 7.31. The average Bonchev–Trinajstić information content (AvgIpc) is 2.35. The van der Waals surface area contributed by atoms with Gasteiger partial charge in [0.05, 0.1) is 0 Å². The summed E-state index contributed by atoms with van der Waals surface area (Å²) in [7, 11) is 2.21. The van der Waals surface area contributed by atoms with Crippen molar-refractivity contribution in [2.45, 2.75) is 66.7 Å². The summed E-state index contributed by atoms with van der Waals surface area (Å²) in [6.07, 6.45) is 0. The van der Waals surface area contributed by atoms with E-state index in [9.17, 15) is 0 Å². The molecular weight excluding hydrogens is 244 g/mol. The van der Waals surface area contributed by atoms with Crippen LogP contribution < -0.4 is 5.32 Å². The van der Waals surface area contributed by atoms with Crippen LogP contribution in [-0.4, -0.2) is 24.0 Å². The number of hydrogen-bond donors (Lipinski definition) is 1. The molecule has 0 aliphatic heterocycles. The Hall–Kier alpha value is -0.860. The monoisotopic (exact) mass is 276 g/mol. The molecule has 0 saturated carbocycles. The molecule has 1 aromatic carbocycles. The van der Waals surface area contributed by atoms with Crippen molar-refractivity contribution in [2.24, 2.45) is 5.41 Å². The highest BCUT2D eigenvalue weighted by molar-refractivity contribution is 5.22. The van der Waals surface area contributed by atoms with Gasteiger partial charge in [0.25, 0.3) is 0 Å². The zero-order valence-corrected chi connectivity index (χ0v) is 14.3. The highest BCUT2D eigenvalue weighted by Crippen LogP contribution is 2.24. The van der Waals surface area contributed by atoms with Crippen molar-refractivity contribution in [3.63, 3.8) is 0 Å². The molecule has 1 unspecified atom stereocenters. The van der Waals surface area contributed by atoms with Crippen molar-refractivity contribution in [3.05, 3.63) is 35.4 Å². The Bertz CT molecular complexity index is 387. The minimum atomic E-state index is 0.315. The van der Waals surface area contributed by atoms with Crippen molar-refractivity contribution in [2.75, 3.05) is 7.05 Å². The van der Waals surface area contributed by atoms with E-state index in [-0.39, 0.29) is 0 Å². The van der Waals surface area contributed by atoms with Crippen molar-refractivity contribution in [3.8, 4) is 0 Å². The molecule has 114 valence electrons. The molecule has 1 N–H and O–H groups in total. The summed E-state index contributed by atoms with van der Waals surface area (Å²) >= 11 is 0. The lowest BCUT2D eigenvalue weighted by Gasteiger charge is -2.35. The van der Waals surface area contributed by atoms with Crippen LogP contribution in [0, 0.1) is 5.41 Å². The average molecular weight is 276 g/mol. The largest absolute Gasteiger partial charge is 0.310 e. The molecule has 0 bridgehead atoms. The zero-order chi connectivity index (χ0) is 15.3. The Labute approximate surface area is 125 Å². The fourth-order valence-electron chi connectivity index (χ4n) is 2.17. The van der Waals surface area contributed by atoms with Crippen molar-refractivity contribution < 1.29 is 0 Å². The molecule has 2 heteroatoms. The van der Waals surface area contributed by atoms with Crippen LogP contribution in [-0.2, 0) is 13.1 Å². The molecular formula is C18H32N2. The van der Waals surface area contributed by atoms with Crippen LogP contribution in [0.2, 0.25) is 0 Å². The van der Waals surface area contributed by atoms with Gasteiger partial charge in [-0.15, -0.1) is 0 Å². The van der Waals surface area contributed by atoms with Crippen LogP contribution in [0.1, 0.15) is 52.7 Å². The van der Waals surface area contributed by atoms with Crippen molar-refractivity contribution >= 4 is 0 Å². The van der Waals surface area contributed by atoms with E-state index in [0.29, 0.717) is 17.5 Å². The quantitative estimate of drug-likeness (QED) is 0.843. The van der Waals surface area contributed by atoms with Crippen LogP contribution in [0.4, 0.5) is 0 Å². The fourth-order valence-corrected chi connectivity index (χ4v) is 2.17. The van der Waals surface area contributed by atoms with E-state index >= 15 is 0 Å². The van der Waals surface area contributed by atoms with E-state index in [1.807, 2.05) is 0 Å². The summed E-state index contributed by atoms with van der Waals surface area (Å²) in [5, 5.41) is 3.45. The highest BCUT2D eigenvalue weighted by atomic mass is 15.1. The van der Waals surface area contributed by atoms with E-state index in [1.54, 1.807) is 0 Å². The summed E-state index contributed by atoms with van der Waals surface area (Å²) in [5.41, 5.74) is 3.06. The number of hydrogen-bond acceptors (Lipinski definition) is 2. The van der Waals surface area contributed by atoms with Gasteiger partial charge in [-0.25, -0.2) is 0 Å². The third-order valence-corrected chi connectivity index (χ3v) is 4.08. The lowest BCUT2D eigenvalue weighted by molar-refractivity contribution is 0.134. The lowest BCUT2D eigenvalue weighted by Crippen LogP contribution is -2.38. The van der Waals surface area contributed by atoms with Gasteiger partial charge in [-0.1, -0.05) is 58.9 Å². The number of rotatable bonds is 6. The highest BCUT2D eigenvalue weighted by Gasteiger charge is 2.23. The van der Waals surface area contributed by atoms with Gasteiger partial charge >= 0.3 is 0 Å². The predicted molar refractivity (Wildman–Crippen MR) is 88.8 cm³/mol. The smallest absolute Gasteiger partial charge is 0.0233 e. The van der Waals surface area contributed by atoms with Gasteiger partial charge in [-0.2, -0.15) is 0 Å². The second-order valence-electron chi connectivity index (χ2n) is 7.31. The van der Waals surface area contributed by atoms with Crippen LogP contribution in [0.15, 0.2) is 24.3 Å². The Kier molecular flexibility index (Phi) is 6.22. The predicted octanol–water partition coefficient (Wildman–Crippen LogP) is 4.05. The van der Waals surface area contributed by atoms with E-state index in [0.717, 1.165) is 13.1 Å². The number of nitrogens with zero attached hydrogens (tertiary/aromatic N) is 1. The Balaban J connectivity index is 2.57. The Morgan fingerprint density at radius 1 is 1.00 bits per heavy atom. The third kappa shape index (κ3) is 5.64. The summed E-state index contributed by atoms with van der Waals surface area (Å²) in [6.45, 7) is 15.5. The van der Waals surface area contributed by atoms with E-state index in [2.05, 4.69) is 83.1 Å². The van der Waals surface area contributed by atoms with Crippen LogP contribution in [0.3, 0.4) is 0 Å². The van der Waals surface area contributed by atoms with Crippen LogP contribution in [0.5, 0.6) is 0 Å². The van der Waals surface area contributed by atoms with Gasteiger partial charge < -0.3 is 5.32 Å². The molecule has 0 radical (unpaired) electrons. The summed E-state index contributed by atoms with van der Waals surface area (Å²) in [6, 6.07) is 10.1.